The van der Waals surface area contributed by atoms with Crippen molar-refractivity contribution in [2.75, 3.05) is 6.61 Å². The number of aliphatic hydroxyl groups excluding tert-OH is 3. The highest BCUT2D eigenvalue weighted by Gasteiger charge is 2.34. The SMILES string of the molecule is OCC1O[C@@H](I)CC(O)[C@@H]1O. The fourth-order valence-corrected chi connectivity index (χ4v) is 1.95. The van der Waals surface area contributed by atoms with Crippen LogP contribution in [0.4, 0.5) is 0 Å². The normalized spacial score (nSPS) is 45.8. The summed E-state index contributed by atoms with van der Waals surface area (Å²) in [6.07, 6.45) is -1.95. The molecule has 0 saturated carbocycles. The van der Waals surface area contributed by atoms with Crippen LogP contribution in [0.5, 0.6) is 0 Å². The lowest BCUT2D eigenvalue weighted by Crippen LogP contribution is -2.48. The second-order valence-corrected chi connectivity index (χ2v) is 3.95. The van der Waals surface area contributed by atoms with Crippen LogP contribution in [0.15, 0.2) is 0 Å². The van der Waals surface area contributed by atoms with E-state index in [9.17, 15) is 10.2 Å². The Labute approximate surface area is 78.3 Å². The molecule has 0 aromatic carbocycles. The number of rotatable bonds is 1. The second-order valence-electron chi connectivity index (χ2n) is 2.56. The van der Waals surface area contributed by atoms with Crippen LogP contribution in [0.2, 0.25) is 0 Å². The molecule has 1 fully saturated rings. The minimum Gasteiger partial charge on any atom is -0.394 e. The van der Waals surface area contributed by atoms with E-state index in [2.05, 4.69) is 0 Å². The number of hydrogen-bond acceptors (Lipinski definition) is 4. The van der Waals surface area contributed by atoms with E-state index in [-0.39, 0.29) is 10.7 Å². The lowest BCUT2D eigenvalue weighted by molar-refractivity contribution is -0.152. The topological polar surface area (TPSA) is 69.9 Å². The van der Waals surface area contributed by atoms with Crippen LogP contribution < -0.4 is 0 Å². The molecule has 4 nitrogen and oxygen atoms in total. The fourth-order valence-electron chi connectivity index (χ4n) is 1.05. The average molecular weight is 274 g/mol. The van der Waals surface area contributed by atoms with Crippen LogP contribution in [-0.4, -0.2) is 44.3 Å². The van der Waals surface area contributed by atoms with Gasteiger partial charge < -0.3 is 20.1 Å². The largest absolute Gasteiger partial charge is 0.394 e. The molecular weight excluding hydrogens is 263 g/mol. The molecule has 0 spiro atoms. The number of aliphatic hydroxyl groups is 3. The van der Waals surface area contributed by atoms with Crippen molar-refractivity contribution < 1.29 is 20.1 Å². The quantitative estimate of drug-likeness (QED) is 0.435. The lowest BCUT2D eigenvalue weighted by atomic mass is 10.0. The number of hydrogen-bond donors (Lipinski definition) is 3. The minimum atomic E-state index is -0.953. The first-order valence-corrected chi connectivity index (χ1v) is 4.66. The summed E-state index contributed by atoms with van der Waals surface area (Å²) in [5.41, 5.74) is 0. The van der Waals surface area contributed by atoms with Crippen molar-refractivity contribution in [3.63, 3.8) is 0 Å². The number of alkyl halides is 1. The highest BCUT2D eigenvalue weighted by atomic mass is 127. The maximum atomic E-state index is 9.22. The summed E-state index contributed by atoms with van der Waals surface area (Å²) >= 11 is 2.02. The van der Waals surface area contributed by atoms with Gasteiger partial charge in [-0.05, 0) is 0 Å². The van der Waals surface area contributed by atoms with Gasteiger partial charge in [0.05, 0.1) is 12.7 Å². The molecule has 1 heterocycles. The van der Waals surface area contributed by atoms with Crippen LogP contribution in [0, 0.1) is 0 Å². The van der Waals surface area contributed by atoms with Gasteiger partial charge in [-0.15, -0.1) is 0 Å². The summed E-state index contributed by atoms with van der Waals surface area (Å²) in [6, 6.07) is 0. The van der Waals surface area contributed by atoms with E-state index in [1.54, 1.807) is 0 Å². The summed E-state index contributed by atoms with van der Waals surface area (Å²) in [7, 11) is 0. The first-order chi connectivity index (χ1) is 5.15. The van der Waals surface area contributed by atoms with Crippen molar-refractivity contribution in [3.05, 3.63) is 0 Å². The van der Waals surface area contributed by atoms with Crippen molar-refractivity contribution in [1.29, 1.82) is 0 Å². The zero-order chi connectivity index (χ0) is 8.43. The Bertz CT molecular complexity index is 132. The number of halogens is 1. The van der Waals surface area contributed by atoms with E-state index in [0.29, 0.717) is 6.42 Å². The first-order valence-electron chi connectivity index (χ1n) is 3.41. The monoisotopic (exact) mass is 274 g/mol. The van der Waals surface area contributed by atoms with Gasteiger partial charge >= 0.3 is 0 Å². The summed E-state index contributed by atoms with van der Waals surface area (Å²) in [5, 5.41) is 27.1. The van der Waals surface area contributed by atoms with Gasteiger partial charge in [0.25, 0.3) is 0 Å². The summed E-state index contributed by atoms with van der Waals surface area (Å²) in [4.78, 5) is 0. The molecule has 0 aromatic heterocycles. The van der Waals surface area contributed by atoms with Crippen molar-refractivity contribution in [2.45, 2.75) is 28.8 Å². The molecule has 11 heavy (non-hydrogen) atoms. The molecule has 66 valence electrons. The molecular formula is C6H11IO4. The summed E-state index contributed by atoms with van der Waals surface area (Å²) in [6.45, 7) is -0.252. The van der Waals surface area contributed by atoms with E-state index in [1.807, 2.05) is 22.6 Å². The molecule has 0 amide bonds. The van der Waals surface area contributed by atoms with Gasteiger partial charge in [0, 0.05) is 6.42 Å². The van der Waals surface area contributed by atoms with Crippen molar-refractivity contribution >= 4 is 22.6 Å². The van der Waals surface area contributed by atoms with Gasteiger partial charge in [-0.25, -0.2) is 0 Å². The lowest BCUT2D eigenvalue weighted by Gasteiger charge is -2.33. The predicted octanol–water partition coefficient (Wildman–Crippen LogP) is -0.750. The van der Waals surface area contributed by atoms with Gasteiger partial charge in [0.2, 0.25) is 0 Å². The molecule has 0 aromatic rings. The minimum absolute atomic E-state index is 0.122. The van der Waals surface area contributed by atoms with Crippen LogP contribution in [-0.2, 0) is 4.74 Å². The fraction of sp³-hybridized carbons (Fsp3) is 1.00. The molecule has 0 radical (unpaired) electrons. The Morgan fingerprint density at radius 2 is 2.09 bits per heavy atom. The molecule has 1 aliphatic rings. The standard InChI is InChI=1S/C6H11IO4/c7-5-1-3(9)6(10)4(2-8)11-5/h3-6,8-10H,1-2H2/t3?,4?,5-,6+/m1/s1. The van der Waals surface area contributed by atoms with Crippen molar-refractivity contribution in [3.8, 4) is 0 Å². The maximum absolute atomic E-state index is 9.22. The van der Waals surface area contributed by atoms with E-state index < -0.39 is 18.3 Å². The zero-order valence-corrected chi connectivity index (χ0v) is 8.01. The molecule has 0 aliphatic carbocycles. The van der Waals surface area contributed by atoms with E-state index in [1.165, 1.54) is 0 Å². The van der Waals surface area contributed by atoms with Crippen LogP contribution >= 0.6 is 22.6 Å². The molecule has 1 saturated heterocycles. The molecule has 5 heteroatoms. The van der Waals surface area contributed by atoms with E-state index in [0.717, 1.165) is 0 Å². The van der Waals surface area contributed by atoms with Gasteiger partial charge in [-0.2, -0.15) is 0 Å². The van der Waals surface area contributed by atoms with Crippen molar-refractivity contribution in [1.82, 2.24) is 0 Å². The van der Waals surface area contributed by atoms with Crippen LogP contribution in [0.25, 0.3) is 0 Å². The molecule has 3 N–H and O–H groups in total. The number of ether oxygens (including phenoxy) is 1. The molecule has 1 aliphatic heterocycles. The Kier molecular flexibility index (Phi) is 3.51. The third-order valence-electron chi connectivity index (χ3n) is 1.70. The zero-order valence-electron chi connectivity index (χ0n) is 5.85. The Morgan fingerprint density at radius 1 is 1.45 bits per heavy atom. The smallest absolute Gasteiger partial charge is 0.112 e. The van der Waals surface area contributed by atoms with Gasteiger partial charge in [-0.3, -0.25) is 0 Å². The van der Waals surface area contributed by atoms with Gasteiger partial charge in [0.15, 0.2) is 0 Å². The van der Waals surface area contributed by atoms with Crippen molar-refractivity contribution in [2.24, 2.45) is 0 Å². The Balaban J connectivity index is 2.51. The highest BCUT2D eigenvalue weighted by molar-refractivity contribution is 14.1. The third-order valence-corrected chi connectivity index (χ3v) is 2.51. The Morgan fingerprint density at radius 3 is 2.64 bits per heavy atom. The van der Waals surface area contributed by atoms with Gasteiger partial charge in [-0.1, -0.05) is 22.6 Å². The molecule has 1 rings (SSSR count). The van der Waals surface area contributed by atoms with E-state index >= 15 is 0 Å². The third kappa shape index (κ3) is 2.25. The highest BCUT2D eigenvalue weighted by Crippen LogP contribution is 2.23. The molecule has 2 unspecified atom stereocenters. The maximum Gasteiger partial charge on any atom is 0.112 e. The predicted molar refractivity (Wildman–Crippen MR) is 46.4 cm³/mol. The molecule has 4 atom stereocenters. The second kappa shape index (κ2) is 3.99. The average Bonchev–Trinajstić information content (AvgIpc) is 1.96. The molecule has 0 bridgehead atoms. The van der Waals surface area contributed by atoms with Gasteiger partial charge in [0.1, 0.15) is 16.3 Å². The first kappa shape index (κ1) is 9.66. The summed E-state index contributed by atoms with van der Waals surface area (Å²) in [5.74, 6) is 0. The summed E-state index contributed by atoms with van der Waals surface area (Å²) < 4.78 is 5.02. The van der Waals surface area contributed by atoms with Crippen LogP contribution in [0.1, 0.15) is 6.42 Å². The van der Waals surface area contributed by atoms with E-state index in [4.69, 9.17) is 9.84 Å². The van der Waals surface area contributed by atoms with Crippen LogP contribution in [0.3, 0.4) is 0 Å². The Hall–Kier alpha value is 0.570.